The Kier molecular flexibility index (Phi) is 4.06. The number of rotatable bonds is 5. The zero-order valence-electron chi connectivity index (χ0n) is 7.66. The summed E-state index contributed by atoms with van der Waals surface area (Å²) in [7, 11) is 0. The molecule has 0 heterocycles. The van der Waals surface area contributed by atoms with Gasteiger partial charge in [0.15, 0.2) is 7.52 Å². The molecule has 7 nitrogen and oxygen atoms in total. The molecule has 0 saturated carbocycles. The maximum absolute atomic E-state index is 10.6. The standard InChI is InChI=1S/C6H13NO6/c7-6(13)5(12)4(11)3(10)2(9)1-8/h2-5,8-12H,1H2,(H2,7,13)/t2-,3-,4+,5+/m1/s1/i/hD. The van der Waals surface area contributed by atoms with E-state index in [9.17, 15) is 4.79 Å². The lowest BCUT2D eigenvalue weighted by molar-refractivity contribution is -0.146. The van der Waals surface area contributed by atoms with Crippen LogP contribution in [0.4, 0.5) is 0 Å². The van der Waals surface area contributed by atoms with Crippen LogP contribution >= 0.6 is 0 Å². The summed E-state index contributed by atoms with van der Waals surface area (Å²) >= 11 is 0. The monoisotopic (exact) mass is 196 g/mol. The summed E-state index contributed by atoms with van der Waals surface area (Å²) in [5, 5.41) is 44.3. The minimum absolute atomic E-state index is 0.826. The first-order chi connectivity index (χ1) is 6.45. The third-order valence-corrected chi connectivity index (χ3v) is 1.52. The van der Waals surface area contributed by atoms with Crippen LogP contribution in [0.5, 0.6) is 0 Å². The Hall–Kier alpha value is -0.730. The molecule has 0 aliphatic carbocycles. The third-order valence-electron chi connectivity index (χ3n) is 1.52. The highest BCUT2D eigenvalue weighted by Crippen LogP contribution is 2.04. The van der Waals surface area contributed by atoms with E-state index in [2.05, 4.69) is 0 Å². The van der Waals surface area contributed by atoms with Gasteiger partial charge in [-0.2, -0.15) is 0 Å². The van der Waals surface area contributed by atoms with Gasteiger partial charge in [-0.05, 0) is 0 Å². The summed E-state index contributed by atoms with van der Waals surface area (Å²) in [6.45, 7) is -0.826. The third kappa shape index (κ3) is 3.25. The predicted octanol–water partition coefficient (Wildman–Crippen LogP) is -4.09. The Balaban J connectivity index is 4.30. The lowest BCUT2D eigenvalue weighted by Crippen LogP contribution is -2.50. The lowest BCUT2D eigenvalue weighted by atomic mass is 10.0. The molecule has 0 aliphatic rings. The SMILES string of the molecule is [2H]NC(=O)[C@@H](O)[C@@H](O)[C@H](O)[C@H](O)CO. The molecule has 7 N–H and O–H groups in total. The quantitative estimate of drug-likeness (QED) is 0.264. The van der Waals surface area contributed by atoms with Gasteiger partial charge < -0.3 is 31.3 Å². The van der Waals surface area contributed by atoms with Crippen LogP contribution in [0.2, 0.25) is 1.41 Å². The predicted molar refractivity (Wildman–Crippen MR) is 40.3 cm³/mol. The molecular weight excluding hydrogens is 182 g/mol. The second-order valence-corrected chi connectivity index (χ2v) is 2.54. The van der Waals surface area contributed by atoms with E-state index in [1.807, 2.05) is 0 Å². The van der Waals surface area contributed by atoms with Gasteiger partial charge in [0.25, 0.3) is 0 Å². The fourth-order valence-corrected chi connectivity index (χ4v) is 0.677. The molecular formula is C6H13NO6. The van der Waals surface area contributed by atoms with Crippen LogP contribution in [0.25, 0.3) is 0 Å². The molecule has 0 aromatic rings. The van der Waals surface area contributed by atoms with E-state index in [0.717, 1.165) is 0 Å². The minimum atomic E-state index is -2.04. The van der Waals surface area contributed by atoms with Crippen molar-refractivity contribution in [3.63, 3.8) is 0 Å². The van der Waals surface area contributed by atoms with Gasteiger partial charge in [0.1, 0.15) is 18.3 Å². The van der Waals surface area contributed by atoms with Gasteiger partial charge in [-0.15, -0.1) is 0 Å². The number of carbonyl (C=O) groups is 1. The first-order valence-electron chi connectivity index (χ1n) is 4.00. The van der Waals surface area contributed by atoms with E-state index in [0.29, 0.717) is 0 Å². The summed E-state index contributed by atoms with van der Waals surface area (Å²) in [6, 6.07) is 0. The van der Waals surface area contributed by atoms with Gasteiger partial charge in [-0.1, -0.05) is 0 Å². The van der Waals surface area contributed by atoms with Crippen LogP contribution < -0.4 is 5.73 Å². The number of aliphatic hydroxyl groups excluding tert-OH is 5. The normalized spacial score (nSPS) is 21.2. The molecule has 0 rings (SSSR count). The number of nitrogens with two attached hydrogens (primary N) is 1. The second-order valence-electron chi connectivity index (χ2n) is 2.54. The zero-order chi connectivity index (χ0) is 11.3. The van der Waals surface area contributed by atoms with Crippen LogP contribution in [0, 0.1) is 0 Å². The Morgan fingerprint density at radius 3 is 2.23 bits per heavy atom. The van der Waals surface area contributed by atoms with Crippen LogP contribution in [0.1, 0.15) is 0 Å². The molecule has 0 spiro atoms. The highest BCUT2D eigenvalue weighted by Gasteiger charge is 2.32. The van der Waals surface area contributed by atoms with Gasteiger partial charge in [0.2, 0.25) is 5.91 Å². The van der Waals surface area contributed by atoms with Crippen molar-refractivity contribution < 1.29 is 31.7 Å². The Morgan fingerprint density at radius 2 is 1.85 bits per heavy atom. The number of amides is 1. The molecule has 0 saturated heterocycles. The zero-order valence-corrected chi connectivity index (χ0v) is 6.66. The summed E-state index contributed by atoms with van der Waals surface area (Å²) in [5.41, 5.74) is 1.30. The van der Waals surface area contributed by atoms with Gasteiger partial charge >= 0.3 is 0 Å². The summed E-state index contributed by atoms with van der Waals surface area (Å²) in [4.78, 5) is 10.6. The molecule has 4 atom stereocenters. The van der Waals surface area contributed by atoms with E-state index in [-0.39, 0.29) is 0 Å². The molecule has 78 valence electrons. The number of hydrogen-bond acceptors (Lipinski definition) is 6. The molecule has 0 aromatic carbocycles. The highest BCUT2D eigenvalue weighted by molar-refractivity contribution is 5.79. The van der Waals surface area contributed by atoms with Crippen molar-refractivity contribution >= 4 is 5.91 Å². The Labute approximate surface area is 75.5 Å². The fraction of sp³-hybridized carbons (Fsp3) is 0.833. The van der Waals surface area contributed by atoms with Crippen molar-refractivity contribution in [2.24, 2.45) is 5.73 Å². The van der Waals surface area contributed by atoms with Crippen molar-refractivity contribution in [1.29, 1.82) is 0 Å². The molecule has 0 radical (unpaired) electrons. The number of hydrogen-bond donors (Lipinski definition) is 6. The molecule has 0 unspecified atom stereocenters. The number of aliphatic hydroxyl groups is 5. The van der Waals surface area contributed by atoms with Gasteiger partial charge in [0, 0.05) is 0 Å². The maximum atomic E-state index is 10.6. The van der Waals surface area contributed by atoms with Crippen molar-refractivity contribution in [2.45, 2.75) is 24.4 Å². The highest BCUT2D eigenvalue weighted by atomic mass is 16.4. The summed E-state index contributed by atoms with van der Waals surface area (Å²) in [5.74, 6) is -1.22. The van der Waals surface area contributed by atoms with Gasteiger partial charge in [0.05, 0.1) is 6.61 Å². The molecule has 7 heteroatoms. The van der Waals surface area contributed by atoms with E-state index in [4.69, 9.17) is 26.9 Å². The number of primary amides is 1. The fourth-order valence-electron chi connectivity index (χ4n) is 0.677. The van der Waals surface area contributed by atoms with Crippen LogP contribution in [-0.4, -0.2) is 62.5 Å². The van der Waals surface area contributed by atoms with Crippen LogP contribution in [-0.2, 0) is 4.79 Å². The Bertz CT molecular complexity index is 191. The minimum Gasteiger partial charge on any atom is -0.394 e. The summed E-state index contributed by atoms with van der Waals surface area (Å²) in [6.07, 6.45) is -7.54. The van der Waals surface area contributed by atoms with Crippen molar-refractivity contribution in [3.8, 4) is 0 Å². The molecule has 1 amide bonds. The lowest BCUT2D eigenvalue weighted by Gasteiger charge is -2.23. The molecule has 0 aliphatic heterocycles. The molecule has 13 heavy (non-hydrogen) atoms. The van der Waals surface area contributed by atoms with Crippen molar-refractivity contribution in [2.75, 3.05) is 6.61 Å². The summed E-state index contributed by atoms with van der Waals surface area (Å²) < 4.78 is 6.36. The Morgan fingerprint density at radius 1 is 1.31 bits per heavy atom. The average molecular weight is 196 g/mol. The smallest absolute Gasteiger partial charge is 0.249 e. The van der Waals surface area contributed by atoms with Crippen molar-refractivity contribution in [1.82, 2.24) is 0 Å². The maximum Gasteiger partial charge on any atom is 0.249 e. The van der Waals surface area contributed by atoms with Crippen molar-refractivity contribution in [3.05, 3.63) is 0 Å². The molecule has 0 fully saturated rings. The first-order valence-corrected chi connectivity index (χ1v) is 3.50. The van der Waals surface area contributed by atoms with Crippen LogP contribution in [0.15, 0.2) is 0 Å². The largest absolute Gasteiger partial charge is 0.394 e. The van der Waals surface area contributed by atoms with E-state index in [1.165, 1.54) is 5.73 Å². The van der Waals surface area contributed by atoms with E-state index in [1.54, 1.807) is 0 Å². The van der Waals surface area contributed by atoms with Gasteiger partial charge in [-0.25, -0.2) is 0 Å². The first kappa shape index (κ1) is 10.4. The molecule has 0 bridgehead atoms. The van der Waals surface area contributed by atoms with E-state index >= 15 is 0 Å². The van der Waals surface area contributed by atoms with Gasteiger partial charge in [-0.3, -0.25) is 4.79 Å². The average Bonchev–Trinajstić information content (AvgIpc) is 2.23. The topological polar surface area (TPSA) is 144 Å². The second kappa shape index (κ2) is 5.10. The van der Waals surface area contributed by atoms with E-state index < -0.39 is 36.9 Å². The molecule has 0 aromatic heterocycles. The number of carbonyl (C=O) groups excluding carboxylic acids is 1. The van der Waals surface area contributed by atoms with Crippen LogP contribution in [0.3, 0.4) is 0 Å².